The Hall–Kier alpha value is -1.54. The number of carboxylic acid groups (broad SMARTS) is 1. The molecule has 1 aliphatic rings. The van der Waals surface area contributed by atoms with Gasteiger partial charge in [0.05, 0.1) is 11.7 Å². The number of hydrogen-bond donors (Lipinski definition) is 1. The van der Waals surface area contributed by atoms with Crippen LogP contribution in [0, 0.1) is 6.92 Å². The van der Waals surface area contributed by atoms with Crippen molar-refractivity contribution in [1.29, 1.82) is 0 Å². The van der Waals surface area contributed by atoms with E-state index in [1.54, 1.807) is 11.8 Å². The van der Waals surface area contributed by atoms with Gasteiger partial charge in [0.15, 0.2) is 0 Å². The van der Waals surface area contributed by atoms with Crippen molar-refractivity contribution in [2.75, 3.05) is 19.7 Å². The number of aromatic carboxylic acids is 1. The standard InChI is InChI=1S/C15H19F2NO4S/c1-9-11(7-12(23-9)14(20)21)13(19)18-5-3-10(4-6-18)22-8-15(2,16)17/h7,10H,3-6,8H2,1-2H3,(H,20,21). The summed E-state index contributed by atoms with van der Waals surface area (Å²) in [6, 6.07) is 1.39. The molecule has 5 nitrogen and oxygen atoms in total. The van der Waals surface area contributed by atoms with E-state index >= 15 is 0 Å². The summed E-state index contributed by atoms with van der Waals surface area (Å²) in [5.41, 5.74) is 0.395. The number of amides is 1. The number of aryl methyl sites for hydroxylation is 1. The van der Waals surface area contributed by atoms with Crippen LogP contribution in [0.25, 0.3) is 0 Å². The number of piperidine rings is 1. The molecule has 0 saturated carbocycles. The minimum Gasteiger partial charge on any atom is -0.477 e. The molecule has 0 atom stereocenters. The summed E-state index contributed by atoms with van der Waals surface area (Å²) in [6.07, 6.45) is 0.719. The normalized spacial score (nSPS) is 16.6. The molecule has 8 heteroatoms. The fourth-order valence-corrected chi connectivity index (χ4v) is 3.31. The quantitative estimate of drug-likeness (QED) is 0.889. The highest BCUT2D eigenvalue weighted by molar-refractivity contribution is 7.14. The minimum absolute atomic E-state index is 0.134. The lowest BCUT2D eigenvalue weighted by Gasteiger charge is -2.32. The van der Waals surface area contributed by atoms with E-state index in [1.165, 1.54) is 6.07 Å². The van der Waals surface area contributed by atoms with E-state index in [9.17, 15) is 18.4 Å². The molecule has 2 heterocycles. The SMILES string of the molecule is Cc1sc(C(=O)O)cc1C(=O)N1CCC(OCC(C)(F)F)CC1. The number of likely N-dealkylation sites (tertiary alicyclic amines) is 1. The summed E-state index contributed by atoms with van der Waals surface area (Å²) in [7, 11) is 0. The third-order valence-corrected chi connectivity index (χ3v) is 4.70. The largest absolute Gasteiger partial charge is 0.477 e. The molecule has 0 aromatic carbocycles. The Morgan fingerprint density at radius 1 is 1.43 bits per heavy atom. The van der Waals surface area contributed by atoms with Crippen molar-refractivity contribution in [2.24, 2.45) is 0 Å². The number of nitrogens with zero attached hydrogens (tertiary/aromatic N) is 1. The van der Waals surface area contributed by atoms with Crippen molar-refractivity contribution in [2.45, 2.75) is 38.7 Å². The molecular weight excluding hydrogens is 328 g/mol. The lowest BCUT2D eigenvalue weighted by Crippen LogP contribution is -2.41. The zero-order valence-electron chi connectivity index (χ0n) is 13.0. The second-order valence-corrected chi connectivity index (χ2v) is 7.01. The van der Waals surface area contributed by atoms with Crippen molar-refractivity contribution in [3.8, 4) is 0 Å². The molecule has 1 aliphatic heterocycles. The molecule has 1 amide bonds. The Balaban J connectivity index is 1.92. The van der Waals surface area contributed by atoms with Crippen LogP contribution >= 0.6 is 11.3 Å². The van der Waals surface area contributed by atoms with E-state index in [4.69, 9.17) is 9.84 Å². The average Bonchev–Trinajstić information content (AvgIpc) is 2.86. The van der Waals surface area contributed by atoms with Crippen molar-refractivity contribution in [3.05, 3.63) is 21.4 Å². The fourth-order valence-electron chi connectivity index (χ4n) is 2.46. The third-order valence-electron chi connectivity index (χ3n) is 3.66. The van der Waals surface area contributed by atoms with E-state index in [0.29, 0.717) is 36.4 Å². The second-order valence-electron chi connectivity index (χ2n) is 5.76. The number of ether oxygens (including phenoxy) is 1. The molecular formula is C15H19F2NO4S. The molecule has 1 aromatic rings. The summed E-state index contributed by atoms with van der Waals surface area (Å²) >= 11 is 1.07. The molecule has 1 N–H and O–H groups in total. The number of alkyl halides is 2. The summed E-state index contributed by atoms with van der Waals surface area (Å²) in [4.78, 5) is 25.8. The van der Waals surface area contributed by atoms with Gasteiger partial charge in [-0.2, -0.15) is 0 Å². The van der Waals surface area contributed by atoms with Gasteiger partial charge in [-0.25, -0.2) is 13.6 Å². The maximum absolute atomic E-state index is 12.8. The van der Waals surface area contributed by atoms with Gasteiger partial charge in [-0.1, -0.05) is 0 Å². The van der Waals surface area contributed by atoms with Crippen molar-refractivity contribution in [1.82, 2.24) is 4.90 Å². The van der Waals surface area contributed by atoms with Crippen molar-refractivity contribution >= 4 is 23.2 Å². The highest BCUT2D eigenvalue weighted by atomic mass is 32.1. The van der Waals surface area contributed by atoms with Crippen molar-refractivity contribution in [3.63, 3.8) is 0 Å². The second kappa shape index (κ2) is 6.92. The van der Waals surface area contributed by atoms with Crippen LogP contribution < -0.4 is 0 Å². The lowest BCUT2D eigenvalue weighted by molar-refractivity contribution is -0.0968. The first-order valence-electron chi connectivity index (χ1n) is 7.30. The lowest BCUT2D eigenvalue weighted by atomic mass is 10.1. The van der Waals surface area contributed by atoms with E-state index in [1.807, 2.05) is 0 Å². The molecule has 0 unspecified atom stereocenters. The molecule has 1 aromatic heterocycles. The van der Waals surface area contributed by atoms with E-state index < -0.39 is 18.5 Å². The Bertz CT molecular complexity index is 589. The van der Waals surface area contributed by atoms with Gasteiger partial charge in [0.2, 0.25) is 0 Å². The summed E-state index contributed by atoms with van der Waals surface area (Å²) < 4.78 is 30.7. The highest BCUT2D eigenvalue weighted by Crippen LogP contribution is 2.25. The Labute approximate surface area is 136 Å². The maximum Gasteiger partial charge on any atom is 0.345 e. The minimum atomic E-state index is -2.85. The number of hydrogen-bond acceptors (Lipinski definition) is 4. The zero-order valence-corrected chi connectivity index (χ0v) is 13.8. The topological polar surface area (TPSA) is 66.8 Å². The maximum atomic E-state index is 12.8. The molecule has 0 spiro atoms. The number of carboxylic acids is 1. The van der Waals surface area contributed by atoms with Gasteiger partial charge in [-0.05, 0) is 25.8 Å². The van der Waals surface area contributed by atoms with Gasteiger partial charge in [0, 0.05) is 24.9 Å². The van der Waals surface area contributed by atoms with E-state index in [2.05, 4.69) is 0 Å². The van der Waals surface area contributed by atoms with Crippen LogP contribution in [0.1, 0.15) is 44.7 Å². The molecule has 2 rings (SSSR count). The molecule has 1 fully saturated rings. The smallest absolute Gasteiger partial charge is 0.345 e. The van der Waals surface area contributed by atoms with Crippen LogP contribution in [0.5, 0.6) is 0 Å². The molecule has 1 saturated heterocycles. The molecule has 128 valence electrons. The van der Waals surface area contributed by atoms with Gasteiger partial charge < -0.3 is 14.7 Å². The van der Waals surface area contributed by atoms with Crippen LogP contribution in [0.2, 0.25) is 0 Å². The van der Waals surface area contributed by atoms with Gasteiger partial charge in [-0.3, -0.25) is 4.79 Å². The predicted octanol–water partition coefficient (Wildman–Crippen LogP) is 3.03. The van der Waals surface area contributed by atoms with Gasteiger partial charge in [-0.15, -0.1) is 11.3 Å². The predicted molar refractivity (Wildman–Crippen MR) is 81.5 cm³/mol. The monoisotopic (exact) mass is 347 g/mol. The fraction of sp³-hybridized carbons (Fsp3) is 0.600. The number of carbonyl (C=O) groups is 2. The van der Waals surface area contributed by atoms with E-state index in [-0.39, 0.29) is 16.9 Å². The molecule has 0 aliphatic carbocycles. The van der Waals surface area contributed by atoms with Crippen LogP contribution in [0.4, 0.5) is 8.78 Å². The third kappa shape index (κ3) is 4.71. The van der Waals surface area contributed by atoms with Gasteiger partial charge in [0.1, 0.15) is 11.5 Å². The summed E-state index contributed by atoms with van der Waals surface area (Å²) in [6.45, 7) is 2.73. The molecule has 0 bridgehead atoms. The first kappa shape index (κ1) is 17.8. The Kier molecular flexibility index (Phi) is 5.36. The number of halogens is 2. The summed E-state index contributed by atoms with van der Waals surface area (Å²) in [5, 5.41) is 8.98. The van der Waals surface area contributed by atoms with Crippen LogP contribution in [0.15, 0.2) is 6.07 Å². The average molecular weight is 347 g/mol. The molecule has 0 radical (unpaired) electrons. The molecule has 23 heavy (non-hydrogen) atoms. The number of thiophene rings is 1. The first-order chi connectivity index (χ1) is 10.7. The number of carbonyl (C=O) groups excluding carboxylic acids is 1. The first-order valence-corrected chi connectivity index (χ1v) is 8.11. The highest BCUT2D eigenvalue weighted by Gasteiger charge is 2.29. The Morgan fingerprint density at radius 3 is 2.52 bits per heavy atom. The van der Waals surface area contributed by atoms with Gasteiger partial charge in [0.25, 0.3) is 11.8 Å². The van der Waals surface area contributed by atoms with Crippen LogP contribution in [-0.4, -0.2) is 53.6 Å². The number of rotatable bonds is 5. The van der Waals surface area contributed by atoms with Crippen molar-refractivity contribution < 1.29 is 28.2 Å². The van der Waals surface area contributed by atoms with Gasteiger partial charge >= 0.3 is 5.97 Å². The zero-order chi connectivity index (χ0) is 17.2. The van der Waals surface area contributed by atoms with E-state index in [0.717, 1.165) is 18.3 Å². The van der Waals surface area contributed by atoms with Crippen LogP contribution in [0.3, 0.4) is 0 Å². The van der Waals surface area contributed by atoms with Crippen LogP contribution in [-0.2, 0) is 4.74 Å². The Morgan fingerprint density at radius 2 is 2.04 bits per heavy atom. The summed E-state index contributed by atoms with van der Waals surface area (Å²) in [5.74, 6) is -4.12.